The van der Waals surface area contributed by atoms with Crippen molar-refractivity contribution in [1.29, 1.82) is 0 Å². The Morgan fingerprint density at radius 3 is 2.43 bits per heavy atom. The topological polar surface area (TPSA) is 110 Å². The maximum Gasteiger partial charge on any atom is 0.272 e. The molecule has 0 unspecified atom stereocenters. The van der Waals surface area contributed by atoms with Crippen molar-refractivity contribution >= 4 is 21.6 Å². The van der Waals surface area contributed by atoms with Crippen LogP contribution in [0.1, 0.15) is 16.1 Å². The molecule has 10 heteroatoms. The molecule has 1 aromatic carbocycles. The average molecular weight is 409 g/mol. The van der Waals surface area contributed by atoms with Gasteiger partial charge in [-0.05, 0) is 24.6 Å². The maximum absolute atomic E-state index is 12.7. The number of aromatic nitrogens is 1. The van der Waals surface area contributed by atoms with Crippen LogP contribution in [0.25, 0.3) is 0 Å². The minimum absolute atomic E-state index is 0.0450. The number of carbonyl (C=O) groups excluding carboxylic acids is 1. The number of H-pyrrole nitrogens is 1. The highest BCUT2D eigenvalue weighted by Crippen LogP contribution is 2.33. The molecule has 0 radical (unpaired) electrons. The highest BCUT2D eigenvalue weighted by molar-refractivity contribution is 7.89. The fourth-order valence-corrected chi connectivity index (χ4v) is 4.30. The fraction of sp³-hybridized carbons (Fsp3) is 0.389. The first-order valence-electron chi connectivity index (χ1n) is 8.67. The maximum atomic E-state index is 12.7. The SMILES string of the molecule is COc1cc(C)c(NC(=O)c2cc(S(=O)(=O)N3CCOCC3)c[nH]2)cc1OC. The third-order valence-corrected chi connectivity index (χ3v) is 6.36. The van der Waals surface area contributed by atoms with Gasteiger partial charge in [-0.1, -0.05) is 0 Å². The first kappa shape index (κ1) is 20.2. The Hall–Kier alpha value is -2.56. The second-order valence-electron chi connectivity index (χ2n) is 6.24. The van der Waals surface area contributed by atoms with E-state index in [1.54, 1.807) is 12.1 Å². The third-order valence-electron chi connectivity index (χ3n) is 4.49. The zero-order chi connectivity index (χ0) is 20.3. The number of hydrogen-bond donors (Lipinski definition) is 2. The number of ether oxygens (including phenoxy) is 3. The lowest BCUT2D eigenvalue weighted by molar-refractivity contribution is 0.0730. The minimum atomic E-state index is -3.67. The van der Waals surface area contributed by atoms with Crippen molar-refractivity contribution in [2.45, 2.75) is 11.8 Å². The first-order valence-corrected chi connectivity index (χ1v) is 10.1. The summed E-state index contributed by atoms with van der Waals surface area (Å²) in [6, 6.07) is 4.73. The molecule has 152 valence electrons. The highest BCUT2D eigenvalue weighted by atomic mass is 32.2. The zero-order valence-electron chi connectivity index (χ0n) is 15.9. The number of nitrogens with one attached hydrogen (secondary N) is 2. The molecule has 1 amide bonds. The lowest BCUT2D eigenvalue weighted by atomic mass is 10.1. The number of morpholine rings is 1. The van der Waals surface area contributed by atoms with Crippen LogP contribution in [0, 0.1) is 6.92 Å². The molecule has 28 heavy (non-hydrogen) atoms. The van der Waals surface area contributed by atoms with Crippen LogP contribution < -0.4 is 14.8 Å². The van der Waals surface area contributed by atoms with E-state index < -0.39 is 15.9 Å². The predicted octanol–water partition coefficient (Wildman–Crippen LogP) is 1.61. The summed E-state index contributed by atoms with van der Waals surface area (Å²) in [6.45, 7) is 3.12. The van der Waals surface area contributed by atoms with Crippen LogP contribution >= 0.6 is 0 Å². The van der Waals surface area contributed by atoms with E-state index in [1.807, 2.05) is 6.92 Å². The van der Waals surface area contributed by atoms with Crippen molar-refractivity contribution in [3.05, 3.63) is 35.7 Å². The number of benzene rings is 1. The van der Waals surface area contributed by atoms with Gasteiger partial charge in [-0.3, -0.25) is 4.79 Å². The van der Waals surface area contributed by atoms with Crippen LogP contribution in [0.4, 0.5) is 5.69 Å². The predicted molar refractivity (Wildman–Crippen MR) is 103 cm³/mol. The van der Waals surface area contributed by atoms with Gasteiger partial charge in [0.1, 0.15) is 10.6 Å². The second-order valence-corrected chi connectivity index (χ2v) is 8.18. The summed E-state index contributed by atoms with van der Waals surface area (Å²) in [4.78, 5) is 15.4. The molecule has 2 aromatic rings. The molecule has 0 bridgehead atoms. The molecule has 1 aliphatic heterocycles. The van der Waals surface area contributed by atoms with E-state index in [2.05, 4.69) is 10.3 Å². The van der Waals surface area contributed by atoms with Crippen molar-refractivity contribution in [3.63, 3.8) is 0 Å². The first-order chi connectivity index (χ1) is 13.4. The summed E-state index contributed by atoms with van der Waals surface area (Å²) in [5, 5.41) is 2.76. The molecular weight excluding hydrogens is 386 g/mol. The number of nitrogens with zero attached hydrogens (tertiary/aromatic N) is 1. The Balaban J connectivity index is 1.79. The van der Waals surface area contributed by atoms with Crippen LogP contribution in [-0.2, 0) is 14.8 Å². The molecule has 1 aliphatic rings. The fourth-order valence-electron chi connectivity index (χ4n) is 2.90. The number of rotatable bonds is 6. The largest absolute Gasteiger partial charge is 0.493 e. The van der Waals surface area contributed by atoms with E-state index in [9.17, 15) is 13.2 Å². The Kier molecular flexibility index (Phi) is 5.92. The van der Waals surface area contributed by atoms with Gasteiger partial charge in [0.2, 0.25) is 10.0 Å². The molecule has 9 nitrogen and oxygen atoms in total. The number of methoxy groups -OCH3 is 2. The summed E-state index contributed by atoms with van der Waals surface area (Å²) in [5.74, 6) is 0.570. The van der Waals surface area contributed by atoms with Crippen LogP contribution in [-0.4, -0.2) is 64.1 Å². The number of sulfonamides is 1. The summed E-state index contributed by atoms with van der Waals surface area (Å²) in [6.07, 6.45) is 1.32. The van der Waals surface area contributed by atoms with Gasteiger partial charge in [0, 0.05) is 31.0 Å². The van der Waals surface area contributed by atoms with Gasteiger partial charge in [0.25, 0.3) is 5.91 Å². The molecule has 0 spiro atoms. The van der Waals surface area contributed by atoms with Crippen LogP contribution in [0.3, 0.4) is 0 Å². The third kappa shape index (κ3) is 3.98. The smallest absolute Gasteiger partial charge is 0.272 e. The Labute approximate surface area is 163 Å². The molecule has 1 aromatic heterocycles. The lowest BCUT2D eigenvalue weighted by Gasteiger charge is -2.25. The quantitative estimate of drug-likeness (QED) is 0.750. The molecular formula is C18H23N3O6S. The van der Waals surface area contributed by atoms with E-state index in [0.29, 0.717) is 43.5 Å². The molecule has 0 aliphatic carbocycles. The van der Waals surface area contributed by atoms with Crippen LogP contribution in [0.2, 0.25) is 0 Å². The van der Waals surface area contributed by atoms with E-state index in [0.717, 1.165) is 5.56 Å². The summed E-state index contributed by atoms with van der Waals surface area (Å²) in [5.41, 5.74) is 1.45. The molecule has 0 atom stereocenters. The number of amides is 1. The average Bonchev–Trinajstić information content (AvgIpc) is 3.21. The van der Waals surface area contributed by atoms with Gasteiger partial charge in [0.05, 0.1) is 27.4 Å². The molecule has 0 saturated carbocycles. The summed E-state index contributed by atoms with van der Waals surface area (Å²) < 4.78 is 42.4. The molecule has 1 fully saturated rings. The Morgan fingerprint density at radius 2 is 1.79 bits per heavy atom. The lowest BCUT2D eigenvalue weighted by Crippen LogP contribution is -2.40. The summed E-state index contributed by atoms with van der Waals surface area (Å²) >= 11 is 0. The van der Waals surface area contributed by atoms with Crippen molar-refractivity contribution in [1.82, 2.24) is 9.29 Å². The van der Waals surface area contributed by atoms with Gasteiger partial charge >= 0.3 is 0 Å². The van der Waals surface area contributed by atoms with Crippen molar-refractivity contribution < 1.29 is 27.4 Å². The number of aromatic amines is 1. The number of anilines is 1. The van der Waals surface area contributed by atoms with Crippen molar-refractivity contribution in [2.75, 3.05) is 45.8 Å². The van der Waals surface area contributed by atoms with Gasteiger partial charge in [-0.2, -0.15) is 4.31 Å². The minimum Gasteiger partial charge on any atom is -0.493 e. The summed E-state index contributed by atoms with van der Waals surface area (Å²) in [7, 11) is -0.631. The van der Waals surface area contributed by atoms with Crippen molar-refractivity contribution in [2.24, 2.45) is 0 Å². The Bertz CT molecular complexity index is 964. The monoisotopic (exact) mass is 409 g/mol. The van der Waals surface area contributed by atoms with E-state index >= 15 is 0 Å². The number of aryl methyl sites for hydroxylation is 1. The van der Waals surface area contributed by atoms with E-state index in [1.165, 1.54) is 30.8 Å². The zero-order valence-corrected chi connectivity index (χ0v) is 16.8. The Morgan fingerprint density at radius 1 is 1.14 bits per heavy atom. The highest BCUT2D eigenvalue weighted by Gasteiger charge is 2.28. The number of carbonyl (C=O) groups is 1. The normalized spacial score (nSPS) is 15.2. The molecule has 3 rings (SSSR count). The molecule has 1 saturated heterocycles. The van der Waals surface area contributed by atoms with Gasteiger partial charge in [-0.25, -0.2) is 8.42 Å². The van der Waals surface area contributed by atoms with Crippen molar-refractivity contribution in [3.8, 4) is 11.5 Å². The van der Waals surface area contributed by atoms with Gasteiger partial charge in [0.15, 0.2) is 11.5 Å². The van der Waals surface area contributed by atoms with Gasteiger partial charge < -0.3 is 24.5 Å². The van der Waals surface area contributed by atoms with Crippen LogP contribution in [0.15, 0.2) is 29.3 Å². The number of hydrogen-bond acceptors (Lipinski definition) is 6. The second kappa shape index (κ2) is 8.21. The molecule has 2 N–H and O–H groups in total. The molecule has 2 heterocycles. The van der Waals surface area contributed by atoms with E-state index in [4.69, 9.17) is 14.2 Å². The standard InChI is InChI=1S/C18H23N3O6S/c1-12-8-16(25-2)17(26-3)10-14(12)20-18(22)15-9-13(11-19-15)28(23,24)21-4-6-27-7-5-21/h8-11,19H,4-7H2,1-3H3,(H,20,22). The van der Waals surface area contributed by atoms with Gasteiger partial charge in [-0.15, -0.1) is 0 Å². The van der Waals surface area contributed by atoms with E-state index in [-0.39, 0.29) is 10.6 Å². The van der Waals surface area contributed by atoms with Crippen LogP contribution in [0.5, 0.6) is 11.5 Å².